The van der Waals surface area contributed by atoms with Crippen LogP contribution < -0.4 is 5.73 Å². The molecule has 0 aliphatic heterocycles. The summed E-state index contributed by atoms with van der Waals surface area (Å²) in [6.45, 7) is 8.00. The van der Waals surface area contributed by atoms with Gasteiger partial charge in [0, 0.05) is 1.43 Å². The smallest absolute Gasteiger partial charge is 0.137 e. The van der Waals surface area contributed by atoms with Gasteiger partial charge in [0.15, 0.2) is 0 Å². The van der Waals surface area contributed by atoms with Gasteiger partial charge in [0.1, 0.15) is 6.29 Å². The van der Waals surface area contributed by atoms with Crippen molar-refractivity contribution in [2.75, 3.05) is 0 Å². The summed E-state index contributed by atoms with van der Waals surface area (Å²) in [5.74, 6) is 0. The highest BCUT2D eigenvalue weighted by molar-refractivity contribution is 5.86. The van der Waals surface area contributed by atoms with Crippen LogP contribution in [0.15, 0.2) is 42.5 Å². The standard InChI is InChI=1S/C13H13NO.2C2H6.H2/c14-12(9-15)8-11-6-3-5-10-4-1-2-7-13(10)11;2*1-2;/h1-7,9,12H,8,14H2;2*1-2H3;1H/t12-;;;/m0.../s1. The maximum atomic E-state index is 10.5. The van der Waals surface area contributed by atoms with E-state index in [2.05, 4.69) is 18.2 Å². The van der Waals surface area contributed by atoms with Crippen molar-refractivity contribution >= 4 is 17.1 Å². The third-order valence-corrected chi connectivity index (χ3v) is 2.51. The molecule has 1 atom stereocenters. The SMILES string of the molecule is CC.CC.N[C@H](C=O)Cc1cccc2ccccc12.[HH]. The summed E-state index contributed by atoms with van der Waals surface area (Å²) in [5.41, 5.74) is 6.76. The van der Waals surface area contributed by atoms with E-state index in [-0.39, 0.29) is 1.43 Å². The van der Waals surface area contributed by atoms with Crippen molar-refractivity contribution in [1.82, 2.24) is 0 Å². The fourth-order valence-corrected chi connectivity index (χ4v) is 1.77. The van der Waals surface area contributed by atoms with E-state index in [0.29, 0.717) is 6.42 Å². The minimum absolute atomic E-state index is 0. The Morgan fingerprint density at radius 3 is 2.26 bits per heavy atom. The molecule has 0 heterocycles. The van der Waals surface area contributed by atoms with Crippen molar-refractivity contribution in [2.24, 2.45) is 5.73 Å². The topological polar surface area (TPSA) is 43.1 Å². The predicted octanol–water partition coefficient (Wildman–Crippen LogP) is 4.21. The molecule has 2 nitrogen and oxygen atoms in total. The maximum absolute atomic E-state index is 10.5. The minimum atomic E-state index is -0.407. The van der Waals surface area contributed by atoms with Gasteiger partial charge in [0.05, 0.1) is 6.04 Å². The predicted molar refractivity (Wildman–Crippen MR) is 86.5 cm³/mol. The van der Waals surface area contributed by atoms with Gasteiger partial charge in [0.2, 0.25) is 0 Å². The Bertz CT molecular complexity index is 480. The molecule has 2 heteroatoms. The molecule has 0 unspecified atom stereocenters. The number of nitrogens with two attached hydrogens (primary N) is 1. The van der Waals surface area contributed by atoms with Crippen molar-refractivity contribution in [3.63, 3.8) is 0 Å². The third-order valence-electron chi connectivity index (χ3n) is 2.51. The zero-order valence-corrected chi connectivity index (χ0v) is 12.4. The van der Waals surface area contributed by atoms with Gasteiger partial charge < -0.3 is 10.5 Å². The van der Waals surface area contributed by atoms with E-state index in [1.54, 1.807) is 0 Å². The van der Waals surface area contributed by atoms with Crippen molar-refractivity contribution in [3.05, 3.63) is 48.0 Å². The third kappa shape index (κ3) is 5.23. The summed E-state index contributed by atoms with van der Waals surface area (Å²) in [5, 5.41) is 2.37. The first kappa shape index (κ1) is 17.3. The largest absolute Gasteiger partial charge is 0.321 e. The summed E-state index contributed by atoms with van der Waals surface area (Å²) >= 11 is 0. The van der Waals surface area contributed by atoms with Crippen molar-refractivity contribution in [1.29, 1.82) is 0 Å². The molecule has 0 amide bonds. The molecular weight excluding hydrogens is 234 g/mol. The number of hydrogen-bond donors (Lipinski definition) is 1. The zero-order chi connectivity index (χ0) is 14.7. The van der Waals surface area contributed by atoms with E-state index in [9.17, 15) is 4.79 Å². The fraction of sp³-hybridized carbons (Fsp3) is 0.353. The second-order valence-electron chi connectivity index (χ2n) is 3.64. The first-order valence-corrected chi connectivity index (χ1v) is 6.99. The van der Waals surface area contributed by atoms with Gasteiger partial charge in [-0.2, -0.15) is 0 Å². The molecule has 19 heavy (non-hydrogen) atoms. The van der Waals surface area contributed by atoms with Crippen molar-refractivity contribution in [3.8, 4) is 0 Å². The summed E-state index contributed by atoms with van der Waals surface area (Å²) in [6, 6.07) is 13.8. The zero-order valence-electron chi connectivity index (χ0n) is 12.4. The summed E-state index contributed by atoms with van der Waals surface area (Å²) in [4.78, 5) is 10.5. The summed E-state index contributed by atoms with van der Waals surface area (Å²) < 4.78 is 0. The van der Waals surface area contributed by atoms with Crippen LogP contribution in [0, 0.1) is 0 Å². The molecule has 0 fully saturated rings. The molecule has 2 aromatic rings. The van der Waals surface area contributed by atoms with Crippen LogP contribution in [0.3, 0.4) is 0 Å². The monoisotopic (exact) mass is 261 g/mol. The van der Waals surface area contributed by atoms with Crippen LogP contribution in [-0.4, -0.2) is 12.3 Å². The van der Waals surface area contributed by atoms with Gasteiger partial charge in [-0.25, -0.2) is 0 Å². The van der Waals surface area contributed by atoms with E-state index in [1.807, 2.05) is 52.0 Å². The second kappa shape index (κ2) is 10.3. The molecule has 0 saturated heterocycles. The number of fused-ring (bicyclic) bond motifs is 1. The molecule has 2 aromatic carbocycles. The van der Waals surface area contributed by atoms with Gasteiger partial charge in [-0.05, 0) is 22.8 Å². The van der Waals surface area contributed by atoms with Crippen LogP contribution in [0.5, 0.6) is 0 Å². The van der Waals surface area contributed by atoms with Crippen LogP contribution in [-0.2, 0) is 11.2 Å². The second-order valence-corrected chi connectivity index (χ2v) is 3.64. The lowest BCUT2D eigenvalue weighted by atomic mass is 10.00. The van der Waals surface area contributed by atoms with Gasteiger partial charge in [-0.15, -0.1) is 0 Å². The molecule has 0 aromatic heterocycles. The van der Waals surface area contributed by atoms with Crippen LogP contribution in [0.1, 0.15) is 34.7 Å². The molecule has 0 bridgehead atoms. The van der Waals surface area contributed by atoms with E-state index in [4.69, 9.17) is 5.73 Å². The number of carbonyl (C=O) groups is 1. The first-order valence-electron chi connectivity index (χ1n) is 6.99. The lowest BCUT2D eigenvalue weighted by Gasteiger charge is -2.07. The normalized spacial score (nSPS) is 10.6. The average Bonchev–Trinajstić information content (AvgIpc) is 2.51. The van der Waals surface area contributed by atoms with Gasteiger partial charge >= 0.3 is 0 Å². The molecule has 0 radical (unpaired) electrons. The van der Waals surface area contributed by atoms with E-state index >= 15 is 0 Å². The number of aldehydes is 1. The Balaban J connectivity index is 0. The van der Waals surface area contributed by atoms with Crippen molar-refractivity contribution < 1.29 is 6.22 Å². The van der Waals surface area contributed by atoms with Gasteiger partial charge in [-0.3, -0.25) is 0 Å². The minimum Gasteiger partial charge on any atom is -0.321 e. The molecule has 106 valence electrons. The Morgan fingerprint density at radius 2 is 1.63 bits per heavy atom. The molecule has 0 spiro atoms. The van der Waals surface area contributed by atoms with Crippen LogP contribution in [0.25, 0.3) is 10.8 Å². The molecule has 2 N–H and O–H groups in total. The van der Waals surface area contributed by atoms with Crippen molar-refractivity contribution in [2.45, 2.75) is 40.2 Å². The lowest BCUT2D eigenvalue weighted by Crippen LogP contribution is -2.24. The van der Waals surface area contributed by atoms with E-state index in [1.165, 1.54) is 10.8 Å². The highest BCUT2D eigenvalue weighted by Gasteiger charge is 2.05. The molecule has 2 rings (SSSR count). The Morgan fingerprint density at radius 1 is 1.05 bits per heavy atom. The first-order chi connectivity index (χ1) is 9.31. The summed E-state index contributed by atoms with van der Waals surface area (Å²) in [6.07, 6.45) is 1.40. The highest BCUT2D eigenvalue weighted by atomic mass is 16.1. The van der Waals surface area contributed by atoms with E-state index < -0.39 is 6.04 Å². The fourth-order valence-electron chi connectivity index (χ4n) is 1.77. The highest BCUT2D eigenvalue weighted by Crippen LogP contribution is 2.19. The number of benzene rings is 2. The van der Waals surface area contributed by atoms with Crippen LogP contribution >= 0.6 is 0 Å². The molecule has 0 aliphatic carbocycles. The lowest BCUT2D eigenvalue weighted by molar-refractivity contribution is -0.108. The number of rotatable bonds is 3. The number of carbonyl (C=O) groups excluding carboxylic acids is 1. The quantitative estimate of drug-likeness (QED) is 0.841. The van der Waals surface area contributed by atoms with Crippen LogP contribution in [0.2, 0.25) is 0 Å². The Hall–Kier alpha value is -1.67. The average molecular weight is 261 g/mol. The number of hydrogen-bond acceptors (Lipinski definition) is 2. The summed E-state index contributed by atoms with van der Waals surface area (Å²) in [7, 11) is 0. The Kier molecular flexibility index (Phi) is 9.37. The molecular formula is C17H27NO. The van der Waals surface area contributed by atoms with Gasteiger partial charge in [-0.1, -0.05) is 70.2 Å². The Labute approximate surface area is 118 Å². The van der Waals surface area contributed by atoms with Gasteiger partial charge in [0.25, 0.3) is 0 Å². The van der Waals surface area contributed by atoms with Crippen LogP contribution in [0.4, 0.5) is 0 Å². The van der Waals surface area contributed by atoms with E-state index in [0.717, 1.165) is 11.8 Å². The molecule has 0 aliphatic rings. The molecule has 0 saturated carbocycles. The maximum Gasteiger partial charge on any atom is 0.137 e.